The number of rotatable bonds is 6. The molecule has 0 N–H and O–H groups in total. The highest BCUT2D eigenvalue weighted by atomic mass is 35.5. The SMILES string of the molecule is Cn1c(CCl)cnc1SCCOCC(F)(F)F. The van der Waals surface area contributed by atoms with Gasteiger partial charge in [0, 0.05) is 12.8 Å². The van der Waals surface area contributed by atoms with E-state index >= 15 is 0 Å². The normalized spacial score (nSPS) is 12.1. The van der Waals surface area contributed by atoms with E-state index in [1.165, 1.54) is 11.8 Å². The first-order valence-electron chi connectivity index (χ1n) is 4.78. The second kappa shape index (κ2) is 6.51. The van der Waals surface area contributed by atoms with Gasteiger partial charge in [-0.15, -0.1) is 11.6 Å². The van der Waals surface area contributed by atoms with E-state index in [4.69, 9.17) is 11.6 Å². The molecule has 0 saturated carbocycles. The largest absolute Gasteiger partial charge is 0.411 e. The zero-order valence-electron chi connectivity index (χ0n) is 9.13. The Labute approximate surface area is 106 Å². The lowest BCUT2D eigenvalue weighted by Crippen LogP contribution is -2.17. The Balaban J connectivity index is 2.25. The second-order valence-corrected chi connectivity index (χ2v) is 4.57. The Hall–Kier alpha value is -0.400. The highest BCUT2D eigenvalue weighted by Crippen LogP contribution is 2.19. The molecule has 0 bridgehead atoms. The van der Waals surface area contributed by atoms with E-state index in [-0.39, 0.29) is 6.61 Å². The number of imidazole rings is 1. The van der Waals surface area contributed by atoms with Crippen molar-refractivity contribution in [2.75, 3.05) is 19.0 Å². The van der Waals surface area contributed by atoms with Crippen molar-refractivity contribution in [3.63, 3.8) is 0 Å². The molecule has 0 unspecified atom stereocenters. The lowest BCUT2D eigenvalue weighted by Gasteiger charge is -2.07. The Bertz CT molecular complexity index is 357. The molecule has 0 aliphatic heterocycles. The summed E-state index contributed by atoms with van der Waals surface area (Å²) in [4.78, 5) is 4.10. The molecule has 0 aliphatic carbocycles. The van der Waals surface area contributed by atoms with Crippen molar-refractivity contribution in [3.8, 4) is 0 Å². The fourth-order valence-electron chi connectivity index (χ4n) is 1.06. The number of ether oxygens (including phenoxy) is 1. The first-order chi connectivity index (χ1) is 7.94. The van der Waals surface area contributed by atoms with Crippen LogP contribution in [0, 0.1) is 0 Å². The molecule has 98 valence electrons. The molecule has 0 spiro atoms. The van der Waals surface area contributed by atoms with Crippen LogP contribution in [0.25, 0.3) is 0 Å². The lowest BCUT2D eigenvalue weighted by atomic mass is 10.5. The van der Waals surface area contributed by atoms with Crippen molar-refractivity contribution in [3.05, 3.63) is 11.9 Å². The van der Waals surface area contributed by atoms with Crippen molar-refractivity contribution in [1.29, 1.82) is 0 Å². The molecule has 8 heteroatoms. The summed E-state index contributed by atoms with van der Waals surface area (Å²) in [6, 6.07) is 0. The van der Waals surface area contributed by atoms with Crippen LogP contribution in [0.2, 0.25) is 0 Å². The average molecular weight is 289 g/mol. The topological polar surface area (TPSA) is 27.1 Å². The predicted molar refractivity (Wildman–Crippen MR) is 60.4 cm³/mol. The molecule has 1 aromatic rings. The van der Waals surface area contributed by atoms with E-state index in [1.54, 1.807) is 10.8 Å². The third-order valence-corrected chi connectivity index (χ3v) is 3.19. The molecule has 17 heavy (non-hydrogen) atoms. The van der Waals surface area contributed by atoms with Gasteiger partial charge < -0.3 is 9.30 Å². The molecule has 3 nitrogen and oxygen atoms in total. The summed E-state index contributed by atoms with van der Waals surface area (Å²) in [5.41, 5.74) is 0.866. The third kappa shape index (κ3) is 5.18. The fraction of sp³-hybridized carbons (Fsp3) is 0.667. The summed E-state index contributed by atoms with van der Waals surface area (Å²) in [5, 5.41) is 0.719. The van der Waals surface area contributed by atoms with Crippen molar-refractivity contribution >= 4 is 23.4 Å². The van der Waals surface area contributed by atoms with Gasteiger partial charge in [0.1, 0.15) is 6.61 Å². The van der Waals surface area contributed by atoms with Gasteiger partial charge in [-0.05, 0) is 0 Å². The number of hydrogen-bond acceptors (Lipinski definition) is 3. The van der Waals surface area contributed by atoms with Crippen molar-refractivity contribution in [1.82, 2.24) is 9.55 Å². The Morgan fingerprint density at radius 3 is 2.76 bits per heavy atom. The molecule has 1 heterocycles. The Morgan fingerprint density at radius 2 is 2.24 bits per heavy atom. The summed E-state index contributed by atoms with van der Waals surface area (Å²) >= 11 is 6.99. The van der Waals surface area contributed by atoms with Crippen molar-refractivity contribution in [2.45, 2.75) is 17.2 Å². The van der Waals surface area contributed by atoms with Gasteiger partial charge >= 0.3 is 6.18 Å². The van der Waals surface area contributed by atoms with Crippen molar-refractivity contribution in [2.24, 2.45) is 7.05 Å². The van der Waals surface area contributed by atoms with E-state index in [0.29, 0.717) is 11.6 Å². The molecule has 0 saturated heterocycles. The van der Waals surface area contributed by atoms with Gasteiger partial charge in [-0.25, -0.2) is 4.98 Å². The standard InChI is InChI=1S/C9H12ClF3N2OS/c1-15-7(4-10)5-14-8(15)17-3-2-16-6-9(11,12)13/h5H,2-4,6H2,1H3. The number of nitrogens with zero attached hydrogens (tertiary/aromatic N) is 2. The molecular weight excluding hydrogens is 277 g/mol. The number of thioether (sulfide) groups is 1. The van der Waals surface area contributed by atoms with Gasteiger partial charge in [-0.2, -0.15) is 13.2 Å². The average Bonchev–Trinajstić information content (AvgIpc) is 2.58. The molecule has 0 atom stereocenters. The van der Waals surface area contributed by atoms with Gasteiger partial charge in [0.25, 0.3) is 0 Å². The van der Waals surface area contributed by atoms with Gasteiger partial charge in [-0.1, -0.05) is 11.8 Å². The molecule has 1 aromatic heterocycles. The van der Waals surface area contributed by atoms with Crippen LogP contribution in [0.1, 0.15) is 5.69 Å². The maximum atomic E-state index is 11.8. The van der Waals surface area contributed by atoms with Crippen LogP contribution in [0.5, 0.6) is 0 Å². The number of aromatic nitrogens is 2. The molecule has 0 radical (unpaired) electrons. The summed E-state index contributed by atoms with van der Waals surface area (Å²) < 4.78 is 41.6. The molecule has 0 amide bonds. The van der Waals surface area contributed by atoms with E-state index < -0.39 is 12.8 Å². The number of alkyl halides is 4. The quantitative estimate of drug-likeness (QED) is 0.457. The molecule has 1 rings (SSSR count). The van der Waals surface area contributed by atoms with Crippen LogP contribution in [-0.4, -0.2) is 34.7 Å². The Morgan fingerprint density at radius 1 is 1.53 bits per heavy atom. The zero-order chi connectivity index (χ0) is 12.9. The summed E-state index contributed by atoms with van der Waals surface area (Å²) in [6.07, 6.45) is -2.62. The van der Waals surface area contributed by atoms with Crippen LogP contribution < -0.4 is 0 Å². The molecule has 0 aliphatic rings. The minimum atomic E-state index is -4.26. The number of hydrogen-bond donors (Lipinski definition) is 0. The molecular formula is C9H12ClF3N2OS. The molecule has 0 fully saturated rings. The summed E-state index contributed by atoms with van der Waals surface area (Å²) in [6.45, 7) is -1.17. The van der Waals surface area contributed by atoms with E-state index in [1.807, 2.05) is 7.05 Å². The minimum absolute atomic E-state index is 0.0350. The first-order valence-corrected chi connectivity index (χ1v) is 6.30. The zero-order valence-corrected chi connectivity index (χ0v) is 10.7. The Kier molecular flexibility index (Phi) is 5.61. The first kappa shape index (κ1) is 14.7. The number of halogens is 4. The van der Waals surface area contributed by atoms with Gasteiger partial charge in [0.05, 0.1) is 24.4 Å². The van der Waals surface area contributed by atoms with Gasteiger partial charge in [-0.3, -0.25) is 0 Å². The van der Waals surface area contributed by atoms with E-state index in [9.17, 15) is 13.2 Å². The summed E-state index contributed by atoms with van der Waals surface area (Å²) in [5.74, 6) is 0.775. The van der Waals surface area contributed by atoms with E-state index in [0.717, 1.165) is 10.9 Å². The minimum Gasteiger partial charge on any atom is -0.371 e. The molecule has 0 aromatic carbocycles. The summed E-state index contributed by atoms with van der Waals surface area (Å²) in [7, 11) is 1.81. The van der Waals surface area contributed by atoms with Crippen molar-refractivity contribution < 1.29 is 17.9 Å². The maximum Gasteiger partial charge on any atom is 0.411 e. The van der Waals surface area contributed by atoms with Crippen LogP contribution in [-0.2, 0) is 17.7 Å². The predicted octanol–water partition coefficient (Wildman–Crippen LogP) is 2.83. The van der Waals surface area contributed by atoms with Gasteiger partial charge in [0.2, 0.25) is 0 Å². The monoisotopic (exact) mass is 288 g/mol. The van der Waals surface area contributed by atoms with Crippen LogP contribution >= 0.6 is 23.4 Å². The fourth-order valence-corrected chi connectivity index (χ4v) is 2.13. The van der Waals surface area contributed by atoms with Crippen LogP contribution in [0.3, 0.4) is 0 Å². The highest BCUT2D eigenvalue weighted by Gasteiger charge is 2.27. The lowest BCUT2D eigenvalue weighted by molar-refractivity contribution is -0.172. The van der Waals surface area contributed by atoms with E-state index in [2.05, 4.69) is 9.72 Å². The van der Waals surface area contributed by atoms with Gasteiger partial charge in [0.15, 0.2) is 5.16 Å². The highest BCUT2D eigenvalue weighted by molar-refractivity contribution is 7.99. The van der Waals surface area contributed by atoms with Crippen LogP contribution in [0.4, 0.5) is 13.2 Å². The smallest absolute Gasteiger partial charge is 0.371 e. The second-order valence-electron chi connectivity index (χ2n) is 3.24. The maximum absolute atomic E-state index is 11.8. The third-order valence-electron chi connectivity index (χ3n) is 1.90. The van der Waals surface area contributed by atoms with Crippen LogP contribution in [0.15, 0.2) is 11.4 Å².